The highest BCUT2D eigenvalue weighted by atomic mass is 32.1. The molecule has 0 atom stereocenters. The first-order chi connectivity index (χ1) is 17.4. The number of aryl methyl sites for hydroxylation is 1. The highest BCUT2D eigenvalue weighted by molar-refractivity contribution is 7.19. The number of fused-ring (bicyclic) bond motifs is 1. The van der Waals surface area contributed by atoms with Crippen LogP contribution in [0.4, 0.5) is 16.1 Å². The number of anilines is 3. The third-order valence-electron chi connectivity index (χ3n) is 5.97. The Morgan fingerprint density at radius 3 is 2.67 bits per heavy atom. The van der Waals surface area contributed by atoms with Crippen molar-refractivity contribution in [1.82, 2.24) is 29.9 Å². The second-order valence-corrected chi connectivity index (χ2v) is 16.6. The first-order valence-corrected chi connectivity index (χ1v) is 16.7. The molecule has 4 aromatic heterocycles. The van der Waals surface area contributed by atoms with Gasteiger partial charge in [0.1, 0.15) is 12.5 Å². The molecular formula is C24H32N8O2SSi. The second kappa shape index (κ2) is 10.6. The fourth-order valence-electron chi connectivity index (χ4n) is 3.83. The monoisotopic (exact) mass is 524 g/mol. The first kappa shape index (κ1) is 24.7. The summed E-state index contributed by atoms with van der Waals surface area (Å²) in [6.07, 6.45) is 5.66. The zero-order valence-electron chi connectivity index (χ0n) is 21.2. The Morgan fingerprint density at radius 2 is 1.92 bits per heavy atom. The van der Waals surface area contributed by atoms with Crippen molar-refractivity contribution in [2.75, 3.05) is 49.4 Å². The lowest BCUT2D eigenvalue weighted by Crippen LogP contribution is -2.36. The van der Waals surface area contributed by atoms with Crippen LogP contribution in [0.3, 0.4) is 0 Å². The van der Waals surface area contributed by atoms with Gasteiger partial charge in [-0.2, -0.15) is 5.10 Å². The average Bonchev–Trinajstić information content (AvgIpc) is 3.53. The zero-order valence-corrected chi connectivity index (χ0v) is 23.0. The Kier molecular flexibility index (Phi) is 7.28. The van der Waals surface area contributed by atoms with Crippen LogP contribution in [0, 0.1) is 0 Å². The van der Waals surface area contributed by atoms with Gasteiger partial charge in [0, 0.05) is 58.3 Å². The summed E-state index contributed by atoms with van der Waals surface area (Å²) in [5, 5.41) is 14.9. The van der Waals surface area contributed by atoms with Crippen molar-refractivity contribution in [3.05, 3.63) is 36.8 Å². The number of hydrogen-bond acceptors (Lipinski definition) is 10. The van der Waals surface area contributed by atoms with Gasteiger partial charge in [-0.3, -0.25) is 14.6 Å². The van der Waals surface area contributed by atoms with E-state index in [1.54, 1.807) is 16.0 Å². The van der Waals surface area contributed by atoms with Crippen molar-refractivity contribution in [3.8, 4) is 11.1 Å². The molecule has 1 saturated heterocycles. The minimum absolute atomic E-state index is 0.358. The zero-order chi connectivity index (χ0) is 25.1. The van der Waals surface area contributed by atoms with Crippen LogP contribution in [-0.4, -0.2) is 77.7 Å². The molecule has 0 spiro atoms. The first-order valence-electron chi connectivity index (χ1n) is 12.1. The van der Waals surface area contributed by atoms with Gasteiger partial charge in [-0.25, -0.2) is 4.98 Å². The van der Waals surface area contributed by atoms with Crippen LogP contribution in [0.15, 0.2) is 36.8 Å². The number of hydrogen-bond donors (Lipinski definition) is 0. The molecule has 0 unspecified atom stereocenters. The van der Waals surface area contributed by atoms with Crippen LogP contribution in [0.5, 0.6) is 0 Å². The summed E-state index contributed by atoms with van der Waals surface area (Å²) >= 11 is 1.55. The Balaban J connectivity index is 1.44. The topological polar surface area (TPSA) is 94.3 Å². The summed E-state index contributed by atoms with van der Waals surface area (Å²) in [7, 11) is 0.707. The van der Waals surface area contributed by atoms with Crippen molar-refractivity contribution in [2.24, 2.45) is 7.05 Å². The van der Waals surface area contributed by atoms with Gasteiger partial charge in [-0.1, -0.05) is 31.0 Å². The fourth-order valence-corrected chi connectivity index (χ4v) is 5.48. The van der Waals surface area contributed by atoms with E-state index in [-0.39, 0.29) is 0 Å². The molecule has 0 amide bonds. The van der Waals surface area contributed by atoms with Crippen LogP contribution in [0.25, 0.3) is 22.2 Å². The molecule has 10 nitrogen and oxygen atoms in total. The highest BCUT2D eigenvalue weighted by Crippen LogP contribution is 2.33. The van der Waals surface area contributed by atoms with E-state index in [0.29, 0.717) is 26.6 Å². The molecule has 0 radical (unpaired) electrons. The highest BCUT2D eigenvalue weighted by Gasteiger charge is 2.22. The molecule has 5 rings (SSSR count). The van der Waals surface area contributed by atoms with Crippen LogP contribution in [0.2, 0.25) is 25.7 Å². The van der Waals surface area contributed by atoms with Crippen molar-refractivity contribution in [2.45, 2.75) is 25.7 Å². The van der Waals surface area contributed by atoms with E-state index in [2.05, 4.69) is 44.8 Å². The van der Waals surface area contributed by atoms with Gasteiger partial charge >= 0.3 is 0 Å². The van der Waals surface area contributed by atoms with Crippen LogP contribution >= 0.6 is 11.3 Å². The van der Waals surface area contributed by atoms with E-state index in [0.717, 1.165) is 57.4 Å². The third kappa shape index (κ3) is 5.89. The summed E-state index contributed by atoms with van der Waals surface area (Å²) in [5.74, 6) is 0.755. The van der Waals surface area contributed by atoms with E-state index in [4.69, 9.17) is 14.5 Å². The van der Waals surface area contributed by atoms with Gasteiger partial charge < -0.3 is 14.4 Å². The predicted molar refractivity (Wildman–Crippen MR) is 146 cm³/mol. The van der Waals surface area contributed by atoms with E-state index < -0.39 is 8.07 Å². The van der Waals surface area contributed by atoms with E-state index in [1.807, 2.05) is 48.7 Å². The lowest BCUT2D eigenvalue weighted by atomic mass is 10.1. The second-order valence-electron chi connectivity index (χ2n) is 10.1. The smallest absolute Gasteiger partial charge is 0.217 e. The molecular weight excluding hydrogens is 492 g/mol. The van der Waals surface area contributed by atoms with Gasteiger partial charge in [0.15, 0.2) is 0 Å². The largest absolute Gasteiger partial charge is 0.378 e. The molecule has 1 fully saturated rings. The van der Waals surface area contributed by atoms with Crippen LogP contribution < -0.4 is 9.80 Å². The molecule has 1 aliphatic rings. The summed E-state index contributed by atoms with van der Waals surface area (Å²) in [6.45, 7) is 11.2. The fraction of sp³-hybridized carbons (Fsp3) is 0.458. The number of pyridine rings is 2. The van der Waals surface area contributed by atoms with Crippen molar-refractivity contribution in [1.29, 1.82) is 0 Å². The maximum absolute atomic E-state index is 6.14. The number of nitrogens with zero attached hydrogens (tertiary/aromatic N) is 8. The number of morpholine rings is 1. The van der Waals surface area contributed by atoms with Gasteiger partial charge in [-0.15, -0.1) is 10.2 Å². The lowest BCUT2D eigenvalue weighted by molar-refractivity contribution is 0.122. The van der Waals surface area contributed by atoms with Crippen molar-refractivity contribution >= 4 is 46.5 Å². The predicted octanol–water partition coefficient (Wildman–Crippen LogP) is 4.17. The van der Waals surface area contributed by atoms with Crippen molar-refractivity contribution in [3.63, 3.8) is 0 Å². The molecule has 36 heavy (non-hydrogen) atoms. The van der Waals surface area contributed by atoms with Gasteiger partial charge in [-0.05, 0) is 24.2 Å². The molecule has 4 aromatic rings. The molecule has 1 aliphatic heterocycles. The molecule has 190 valence electrons. The Labute approximate surface area is 215 Å². The maximum Gasteiger partial charge on any atom is 0.217 e. The normalized spacial score (nSPS) is 14.5. The maximum atomic E-state index is 6.14. The molecule has 5 heterocycles. The van der Waals surface area contributed by atoms with Gasteiger partial charge in [0.2, 0.25) is 10.3 Å². The van der Waals surface area contributed by atoms with Gasteiger partial charge in [0.05, 0.1) is 30.4 Å². The third-order valence-corrected chi connectivity index (χ3v) is 8.68. The summed E-state index contributed by atoms with van der Waals surface area (Å²) < 4.78 is 13.4. The summed E-state index contributed by atoms with van der Waals surface area (Å²) in [5.41, 5.74) is 3.62. The SMILES string of the molecule is Cn1cc(-c2cnc3ccc(N(COCC[Si](C)(C)C)c4nnc(N5CCOCC5)s4)nc3c2)cn1. The van der Waals surface area contributed by atoms with Crippen LogP contribution in [-0.2, 0) is 16.5 Å². The molecule has 12 heteroatoms. The lowest BCUT2D eigenvalue weighted by Gasteiger charge is -2.25. The number of ether oxygens (including phenoxy) is 2. The van der Waals surface area contributed by atoms with Crippen molar-refractivity contribution < 1.29 is 9.47 Å². The van der Waals surface area contributed by atoms with Crippen LogP contribution in [0.1, 0.15) is 0 Å². The quantitative estimate of drug-likeness (QED) is 0.182. The molecule has 0 N–H and O–H groups in total. The molecule has 0 aliphatic carbocycles. The minimum atomic E-state index is -1.20. The van der Waals surface area contributed by atoms with E-state index in [1.165, 1.54) is 0 Å². The molecule has 0 saturated carbocycles. The summed E-state index contributed by atoms with van der Waals surface area (Å²) in [6, 6.07) is 7.10. The van der Waals surface area contributed by atoms with Gasteiger partial charge in [0.25, 0.3) is 0 Å². The summed E-state index contributed by atoms with van der Waals surface area (Å²) in [4.78, 5) is 13.8. The number of aromatic nitrogens is 6. The minimum Gasteiger partial charge on any atom is -0.378 e. The molecule has 0 aromatic carbocycles. The standard InChI is InChI=1S/C24H32N8O2SSi/c1-30-16-19(15-26-30)18-13-21-20(25-14-18)5-6-22(27-21)32(17-34-11-12-36(2,3)4)24-29-28-23(35-24)31-7-9-33-10-8-31/h5-6,13-16H,7-12,17H2,1-4H3. The Morgan fingerprint density at radius 1 is 1.08 bits per heavy atom. The average molecular weight is 525 g/mol. The van der Waals surface area contributed by atoms with E-state index >= 15 is 0 Å². The van der Waals surface area contributed by atoms with E-state index in [9.17, 15) is 0 Å². The Hall–Kier alpha value is -2.93. The number of rotatable bonds is 9. The molecule has 0 bridgehead atoms. The Bertz CT molecular complexity index is 1310.